The fourth-order valence-electron chi connectivity index (χ4n) is 1.58. The van der Waals surface area contributed by atoms with E-state index in [1.54, 1.807) is 6.92 Å². The molecule has 1 atom stereocenters. The number of ether oxygens (including phenoxy) is 1. The normalized spacial score (nSPS) is 12.7. The average Bonchev–Trinajstić information content (AvgIpc) is 2.42. The molecule has 0 saturated heterocycles. The Morgan fingerprint density at radius 2 is 1.95 bits per heavy atom. The predicted octanol–water partition coefficient (Wildman–Crippen LogP) is 2.53. The molecule has 4 nitrogen and oxygen atoms in total. The van der Waals surface area contributed by atoms with Crippen molar-refractivity contribution in [2.45, 2.75) is 25.6 Å². The minimum absolute atomic E-state index is 0.152. The topological polar surface area (TPSA) is 55.4 Å². The Morgan fingerprint density at radius 3 is 2.43 bits per heavy atom. The van der Waals surface area contributed by atoms with E-state index in [0.29, 0.717) is 18.2 Å². The van der Waals surface area contributed by atoms with E-state index >= 15 is 0 Å². The third-order valence-corrected chi connectivity index (χ3v) is 2.74. The lowest BCUT2D eigenvalue weighted by Crippen LogP contribution is -2.41. The number of esters is 1. The second-order valence-corrected chi connectivity index (χ2v) is 4.15. The Balaban J connectivity index is 3.04. The lowest BCUT2D eigenvalue weighted by Gasteiger charge is -2.15. The van der Waals surface area contributed by atoms with E-state index in [-0.39, 0.29) is 6.42 Å². The van der Waals surface area contributed by atoms with Crippen LogP contribution in [0.4, 0.5) is 17.6 Å². The molecule has 0 unspecified atom stereocenters. The van der Waals surface area contributed by atoms with Gasteiger partial charge >= 0.3 is 12.1 Å². The Morgan fingerprint density at radius 1 is 1.33 bits per heavy atom. The molecule has 1 amide bonds. The lowest BCUT2D eigenvalue weighted by molar-refractivity contribution is -0.143. The molecular formula is C13H13F4NO3. The molecule has 1 aromatic rings. The molecule has 0 bridgehead atoms. The second kappa shape index (κ2) is 6.55. The van der Waals surface area contributed by atoms with Crippen molar-refractivity contribution in [3.63, 3.8) is 0 Å². The molecule has 0 heterocycles. The second-order valence-electron chi connectivity index (χ2n) is 4.15. The highest BCUT2D eigenvalue weighted by atomic mass is 19.4. The number of carbonyl (C=O) groups excluding carboxylic acids is 2. The van der Waals surface area contributed by atoms with Gasteiger partial charge in [-0.15, -0.1) is 0 Å². The summed E-state index contributed by atoms with van der Waals surface area (Å²) in [5, 5.41) is 2.13. The number of amides is 1. The highest BCUT2D eigenvalue weighted by molar-refractivity contribution is 5.97. The van der Waals surface area contributed by atoms with Crippen molar-refractivity contribution in [2.75, 3.05) is 7.11 Å². The largest absolute Gasteiger partial charge is 0.467 e. The van der Waals surface area contributed by atoms with Gasteiger partial charge in [0.2, 0.25) is 0 Å². The summed E-state index contributed by atoms with van der Waals surface area (Å²) < 4.78 is 55.6. The molecule has 0 aliphatic rings. The van der Waals surface area contributed by atoms with Gasteiger partial charge in [-0.3, -0.25) is 4.79 Å². The van der Waals surface area contributed by atoms with Crippen LogP contribution in [0.5, 0.6) is 0 Å². The smallest absolute Gasteiger partial charge is 0.416 e. The van der Waals surface area contributed by atoms with E-state index in [0.717, 1.165) is 7.11 Å². The van der Waals surface area contributed by atoms with Crippen LogP contribution in [0.2, 0.25) is 0 Å². The number of alkyl halides is 3. The lowest BCUT2D eigenvalue weighted by atomic mass is 10.1. The maximum Gasteiger partial charge on any atom is 0.416 e. The monoisotopic (exact) mass is 307 g/mol. The average molecular weight is 307 g/mol. The van der Waals surface area contributed by atoms with Gasteiger partial charge in [-0.2, -0.15) is 13.2 Å². The van der Waals surface area contributed by atoms with E-state index < -0.39 is 41.0 Å². The number of benzene rings is 1. The summed E-state index contributed by atoms with van der Waals surface area (Å²) >= 11 is 0. The van der Waals surface area contributed by atoms with Crippen molar-refractivity contribution < 1.29 is 31.9 Å². The van der Waals surface area contributed by atoms with Crippen molar-refractivity contribution in [1.29, 1.82) is 0 Å². The standard InChI is InChI=1S/C13H13F4NO3/c1-3-10(12(20)21-2)18-11(19)8-6-7(13(15,16)17)4-5-9(8)14/h4-6,10H,3H2,1-2H3,(H,18,19)/t10-/m1/s1. The number of nitrogens with one attached hydrogen (secondary N) is 1. The minimum Gasteiger partial charge on any atom is -0.467 e. The van der Waals surface area contributed by atoms with Crippen molar-refractivity contribution in [2.24, 2.45) is 0 Å². The highest BCUT2D eigenvalue weighted by Crippen LogP contribution is 2.30. The van der Waals surface area contributed by atoms with Crippen LogP contribution in [0.25, 0.3) is 0 Å². The third kappa shape index (κ3) is 4.17. The van der Waals surface area contributed by atoms with Crippen molar-refractivity contribution in [1.82, 2.24) is 5.32 Å². The van der Waals surface area contributed by atoms with E-state index in [2.05, 4.69) is 10.1 Å². The fraction of sp³-hybridized carbons (Fsp3) is 0.385. The summed E-state index contributed by atoms with van der Waals surface area (Å²) in [4.78, 5) is 23.1. The summed E-state index contributed by atoms with van der Waals surface area (Å²) in [7, 11) is 1.10. The molecule has 0 fully saturated rings. The maximum absolute atomic E-state index is 13.5. The Hall–Kier alpha value is -2.12. The van der Waals surface area contributed by atoms with Gasteiger partial charge in [-0.05, 0) is 24.6 Å². The Kier molecular flexibility index (Phi) is 5.28. The molecule has 0 saturated carbocycles. The first-order valence-electron chi connectivity index (χ1n) is 5.96. The number of hydrogen-bond acceptors (Lipinski definition) is 3. The van der Waals surface area contributed by atoms with Crippen LogP contribution in [0.15, 0.2) is 18.2 Å². The van der Waals surface area contributed by atoms with Crippen LogP contribution >= 0.6 is 0 Å². The minimum atomic E-state index is -4.70. The first kappa shape index (κ1) is 16.9. The molecule has 0 radical (unpaired) electrons. The summed E-state index contributed by atoms with van der Waals surface area (Å²) in [6.07, 6.45) is -4.55. The fourth-order valence-corrected chi connectivity index (χ4v) is 1.58. The van der Waals surface area contributed by atoms with Gasteiger partial charge in [0, 0.05) is 0 Å². The number of halogens is 4. The van der Waals surface area contributed by atoms with Crippen LogP contribution in [-0.4, -0.2) is 25.0 Å². The Labute approximate surface area is 118 Å². The van der Waals surface area contributed by atoms with Gasteiger partial charge in [-0.25, -0.2) is 9.18 Å². The first-order chi connectivity index (χ1) is 9.70. The van der Waals surface area contributed by atoms with E-state index in [1.165, 1.54) is 0 Å². The van der Waals surface area contributed by atoms with E-state index in [4.69, 9.17) is 0 Å². The van der Waals surface area contributed by atoms with Crippen LogP contribution < -0.4 is 5.32 Å². The van der Waals surface area contributed by atoms with Gasteiger partial charge < -0.3 is 10.1 Å². The quantitative estimate of drug-likeness (QED) is 0.687. The number of rotatable bonds is 4. The van der Waals surface area contributed by atoms with Gasteiger partial charge in [0.1, 0.15) is 11.9 Å². The van der Waals surface area contributed by atoms with Crippen molar-refractivity contribution in [3.05, 3.63) is 35.1 Å². The molecule has 0 aliphatic heterocycles. The summed E-state index contributed by atoms with van der Waals surface area (Å²) in [6.45, 7) is 1.56. The zero-order valence-electron chi connectivity index (χ0n) is 11.3. The molecule has 116 valence electrons. The predicted molar refractivity (Wildman–Crippen MR) is 65.0 cm³/mol. The molecule has 1 rings (SSSR count). The SMILES string of the molecule is CC[C@@H](NC(=O)c1cc(C(F)(F)F)ccc1F)C(=O)OC. The third-order valence-electron chi connectivity index (χ3n) is 2.74. The molecule has 0 aromatic heterocycles. The molecule has 0 aliphatic carbocycles. The molecule has 1 aromatic carbocycles. The van der Waals surface area contributed by atoms with Gasteiger partial charge in [-0.1, -0.05) is 6.92 Å². The number of hydrogen-bond donors (Lipinski definition) is 1. The first-order valence-corrected chi connectivity index (χ1v) is 5.96. The van der Waals surface area contributed by atoms with Crippen molar-refractivity contribution in [3.8, 4) is 0 Å². The highest BCUT2D eigenvalue weighted by Gasteiger charge is 2.32. The van der Waals surface area contributed by atoms with E-state index in [1.807, 2.05) is 0 Å². The number of carbonyl (C=O) groups is 2. The summed E-state index contributed by atoms with van der Waals surface area (Å²) in [5.41, 5.74) is -1.94. The van der Waals surface area contributed by atoms with Crippen LogP contribution in [0.3, 0.4) is 0 Å². The Bertz CT molecular complexity index is 543. The van der Waals surface area contributed by atoms with Gasteiger partial charge in [0.15, 0.2) is 0 Å². The molecule has 21 heavy (non-hydrogen) atoms. The summed E-state index contributed by atoms with van der Waals surface area (Å²) in [6, 6.07) is 0.423. The molecular weight excluding hydrogens is 294 g/mol. The van der Waals surface area contributed by atoms with Gasteiger partial charge in [0.05, 0.1) is 18.2 Å². The number of methoxy groups -OCH3 is 1. The van der Waals surface area contributed by atoms with Gasteiger partial charge in [0.25, 0.3) is 5.91 Å². The molecule has 8 heteroatoms. The van der Waals surface area contributed by atoms with E-state index in [9.17, 15) is 27.2 Å². The molecule has 1 N–H and O–H groups in total. The summed E-state index contributed by atoms with van der Waals surface area (Å²) in [5.74, 6) is -2.99. The van der Waals surface area contributed by atoms with Crippen LogP contribution in [0.1, 0.15) is 29.3 Å². The molecule has 0 spiro atoms. The zero-order chi connectivity index (χ0) is 16.2. The maximum atomic E-state index is 13.5. The van der Waals surface area contributed by atoms with Crippen molar-refractivity contribution >= 4 is 11.9 Å². The van der Waals surface area contributed by atoms with Crippen LogP contribution in [0, 0.1) is 5.82 Å². The van der Waals surface area contributed by atoms with Crippen LogP contribution in [-0.2, 0) is 15.7 Å². The zero-order valence-corrected chi connectivity index (χ0v) is 11.3.